The van der Waals surface area contributed by atoms with Crippen LogP contribution >= 0.6 is 0 Å². The minimum Gasteiger partial charge on any atom is -0.361 e. The van der Waals surface area contributed by atoms with E-state index in [1.54, 1.807) is 13.8 Å². The van der Waals surface area contributed by atoms with E-state index in [4.69, 9.17) is 4.52 Å². The standard InChI is InChI=1S/C16H17N3O2/c1-10-15(11(2)21-19-10)16(20)17-8-7-12-9-18-14-6-4-3-5-13(12)14/h3-6,9,18H,7-8H2,1-2H3,(H,17,20). The Kier molecular flexibility index (Phi) is 3.48. The lowest BCUT2D eigenvalue weighted by atomic mass is 10.1. The first kappa shape index (κ1) is 13.4. The molecule has 5 heteroatoms. The molecule has 108 valence electrons. The minimum absolute atomic E-state index is 0.133. The fraction of sp³-hybridized carbons (Fsp3) is 0.250. The summed E-state index contributed by atoms with van der Waals surface area (Å²) < 4.78 is 5.01. The van der Waals surface area contributed by atoms with Crippen molar-refractivity contribution in [1.29, 1.82) is 0 Å². The lowest BCUT2D eigenvalue weighted by molar-refractivity contribution is 0.0952. The number of aryl methyl sites for hydroxylation is 2. The quantitative estimate of drug-likeness (QED) is 0.773. The van der Waals surface area contributed by atoms with Gasteiger partial charge in [-0.25, -0.2) is 0 Å². The molecule has 0 radical (unpaired) electrons. The third kappa shape index (κ3) is 2.54. The van der Waals surface area contributed by atoms with Crippen molar-refractivity contribution >= 4 is 16.8 Å². The molecular weight excluding hydrogens is 266 g/mol. The predicted molar refractivity (Wildman–Crippen MR) is 80.3 cm³/mol. The monoisotopic (exact) mass is 283 g/mol. The van der Waals surface area contributed by atoms with Crippen LogP contribution in [0.3, 0.4) is 0 Å². The lowest BCUT2D eigenvalue weighted by Crippen LogP contribution is -2.26. The molecule has 0 aliphatic carbocycles. The maximum absolute atomic E-state index is 12.1. The second-order valence-electron chi connectivity index (χ2n) is 5.06. The van der Waals surface area contributed by atoms with Gasteiger partial charge in [-0.05, 0) is 31.9 Å². The number of hydrogen-bond donors (Lipinski definition) is 2. The molecular formula is C16H17N3O2. The maximum atomic E-state index is 12.1. The number of hydrogen-bond acceptors (Lipinski definition) is 3. The van der Waals surface area contributed by atoms with Crippen molar-refractivity contribution < 1.29 is 9.32 Å². The van der Waals surface area contributed by atoms with Gasteiger partial charge in [0.2, 0.25) is 0 Å². The third-order valence-corrected chi connectivity index (χ3v) is 3.62. The number of H-pyrrole nitrogens is 1. The van der Waals surface area contributed by atoms with Crippen molar-refractivity contribution in [2.45, 2.75) is 20.3 Å². The Hall–Kier alpha value is -2.56. The molecule has 0 bridgehead atoms. The van der Waals surface area contributed by atoms with Crippen LogP contribution in [0.1, 0.15) is 27.4 Å². The molecule has 1 amide bonds. The van der Waals surface area contributed by atoms with Crippen LogP contribution in [-0.2, 0) is 6.42 Å². The second-order valence-corrected chi connectivity index (χ2v) is 5.06. The molecule has 0 atom stereocenters. The van der Waals surface area contributed by atoms with Crippen molar-refractivity contribution in [3.05, 3.63) is 53.0 Å². The number of carbonyl (C=O) groups excluding carboxylic acids is 1. The van der Waals surface area contributed by atoms with Crippen LogP contribution in [0.25, 0.3) is 10.9 Å². The van der Waals surface area contributed by atoms with E-state index >= 15 is 0 Å². The van der Waals surface area contributed by atoms with E-state index in [0.29, 0.717) is 23.6 Å². The number of carbonyl (C=O) groups is 1. The molecule has 2 N–H and O–H groups in total. The molecule has 0 aliphatic rings. The van der Waals surface area contributed by atoms with Crippen molar-refractivity contribution in [2.75, 3.05) is 6.54 Å². The Morgan fingerprint density at radius 2 is 2.14 bits per heavy atom. The van der Waals surface area contributed by atoms with Gasteiger partial charge in [0.1, 0.15) is 11.3 Å². The van der Waals surface area contributed by atoms with Gasteiger partial charge in [0.05, 0.1) is 5.69 Å². The molecule has 0 aliphatic heterocycles. The van der Waals surface area contributed by atoms with E-state index < -0.39 is 0 Å². The van der Waals surface area contributed by atoms with Crippen molar-refractivity contribution in [3.63, 3.8) is 0 Å². The van der Waals surface area contributed by atoms with E-state index in [1.807, 2.05) is 24.4 Å². The molecule has 2 heterocycles. The van der Waals surface area contributed by atoms with E-state index in [9.17, 15) is 4.79 Å². The minimum atomic E-state index is -0.133. The molecule has 21 heavy (non-hydrogen) atoms. The number of nitrogens with one attached hydrogen (secondary N) is 2. The van der Waals surface area contributed by atoms with Crippen molar-refractivity contribution in [3.8, 4) is 0 Å². The zero-order valence-electron chi connectivity index (χ0n) is 12.1. The van der Waals surface area contributed by atoms with Crippen molar-refractivity contribution in [2.24, 2.45) is 0 Å². The Morgan fingerprint density at radius 1 is 1.33 bits per heavy atom. The first-order valence-corrected chi connectivity index (χ1v) is 6.93. The maximum Gasteiger partial charge on any atom is 0.256 e. The fourth-order valence-electron chi connectivity index (χ4n) is 2.54. The highest BCUT2D eigenvalue weighted by atomic mass is 16.5. The molecule has 0 unspecified atom stereocenters. The summed E-state index contributed by atoms with van der Waals surface area (Å²) in [5, 5.41) is 7.91. The molecule has 0 spiro atoms. The van der Waals surface area contributed by atoms with E-state index in [0.717, 1.165) is 11.9 Å². The predicted octanol–water partition coefficient (Wildman–Crippen LogP) is 2.75. The second kappa shape index (κ2) is 5.44. The summed E-state index contributed by atoms with van der Waals surface area (Å²) in [6.45, 7) is 4.09. The molecule has 3 rings (SSSR count). The van der Waals surface area contributed by atoms with Crippen LogP contribution in [0.4, 0.5) is 0 Å². The van der Waals surface area contributed by atoms with Gasteiger partial charge in [-0.1, -0.05) is 23.4 Å². The van der Waals surface area contributed by atoms with E-state index in [1.165, 1.54) is 10.9 Å². The highest BCUT2D eigenvalue weighted by molar-refractivity contribution is 5.96. The topological polar surface area (TPSA) is 70.9 Å². The average Bonchev–Trinajstić information content (AvgIpc) is 3.03. The van der Waals surface area contributed by atoms with Crippen LogP contribution in [0, 0.1) is 13.8 Å². The van der Waals surface area contributed by atoms with Gasteiger partial charge in [0.25, 0.3) is 5.91 Å². The Bertz CT molecular complexity index is 766. The van der Waals surface area contributed by atoms with Crippen LogP contribution in [0.15, 0.2) is 35.0 Å². The molecule has 0 fully saturated rings. The largest absolute Gasteiger partial charge is 0.361 e. The lowest BCUT2D eigenvalue weighted by Gasteiger charge is -2.04. The van der Waals surface area contributed by atoms with Gasteiger partial charge < -0.3 is 14.8 Å². The Labute approximate surface area is 122 Å². The van der Waals surface area contributed by atoms with Gasteiger partial charge >= 0.3 is 0 Å². The number of aromatic nitrogens is 2. The Balaban J connectivity index is 1.65. The summed E-state index contributed by atoms with van der Waals surface area (Å²) in [6, 6.07) is 8.14. The zero-order valence-corrected chi connectivity index (χ0v) is 12.1. The summed E-state index contributed by atoms with van der Waals surface area (Å²) >= 11 is 0. The van der Waals surface area contributed by atoms with Crippen LogP contribution in [-0.4, -0.2) is 22.6 Å². The number of benzene rings is 1. The van der Waals surface area contributed by atoms with Gasteiger partial charge in [-0.3, -0.25) is 4.79 Å². The highest BCUT2D eigenvalue weighted by Gasteiger charge is 2.16. The fourth-order valence-corrected chi connectivity index (χ4v) is 2.54. The molecule has 0 saturated carbocycles. The number of para-hydroxylation sites is 1. The molecule has 0 saturated heterocycles. The summed E-state index contributed by atoms with van der Waals surface area (Å²) in [4.78, 5) is 15.4. The molecule has 3 aromatic rings. The number of rotatable bonds is 4. The van der Waals surface area contributed by atoms with Crippen LogP contribution in [0.2, 0.25) is 0 Å². The van der Waals surface area contributed by atoms with Crippen LogP contribution < -0.4 is 5.32 Å². The van der Waals surface area contributed by atoms with Crippen molar-refractivity contribution in [1.82, 2.24) is 15.5 Å². The molecule has 2 aromatic heterocycles. The summed E-state index contributed by atoms with van der Waals surface area (Å²) in [6.07, 6.45) is 2.77. The highest BCUT2D eigenvalue weighted by Crippen LogP contribution is 2.18. The normalized spacial score (nSPS) is 11.0. The Morgan fingerprint density at radius 3 is 2.90 bits per heavy atom. The molecule has 5 nitrogen and oxygen atoms in total. The average molecular weight is 283 g/mol. The third-order valence-electron chi connectivity index (χ3n) is 3.62. The number of fused-ring (bicyclic) bond motifs is 1. The summed E-state index contributed by atoms with van der Waals surface area (Å²) in [5.74, 6) is 0.420. The van der Waals surface area contributed by atoms with Gasteiger partial charge in [0, 0.05) is 23.6 Å². The number of amides is 1. The summed E-state index contributed by atoms with van der Waals surface area (Å²) in [7, 11) is 0. The number of nitrogens with zero attached hydrogens (tertiary/aromatic N) is 1. The van der Waals surface area contributed by atoms with E-state index in [-0.39, 0.29) is 5.91 Å². The van der Waals surface area contributed by atoms with Gasteiger partial charge in [0.15, 0.2) is 0 Å². The van der Waals surface area contributed by atoms with Crippen LogP contribution in [0.5, 0.6) is 0 Å². The summed E-state index contributed by atoms with van der Waals surface area (Å²) in [5.41, 5.74) is 3.47. The van der Waals surface area contributed by atoms with Gasteiger partial charge in [-0.2, -0.15) is 0 Å². The first-order valence-electron chi connectivity index (χ1n) is 6.93. The first-order chi connectivity index (χ1) is 10.2. The number of aromatic amines is 1. The SMILES string of the molecule is Cc1noc(C)c1C(=O)NCCc1c[nH]c2ccccc12. The molecule has 1 aromatic carbocycles. The van der Waals surface area contributed by atoms with Gasteiger partial charge in [-0.15, -0.1) is 0 Å². The smallest absolute Gasteiger partial charge is 0.256 e. The zero-order chi connectivity index (χ0) is 14.8. The van der Waals surface area contributed by atoms with E-state index in [2.05, 4.69) is 21.5 Å².